The van der Waals surface area contributed by atoms with Gasteiger partial charge in [0.2, 0.25) is 0 Å². The van der Waals surface area contributed by atoms with E-state index in [1.807, 2.05) is 87.5 Å². The summed E-state index contributed by atoms with van der Waals surface area (Å²) in [6.07, 6.45) is 0.499. The van der Waals surface area contributed by atoms with E-state index in [9.17, 15) is 9.59 Å². The van der Waals surface area contributed by atoms with Crippen molar-refractivity contribution in [3.63, 3.8) is 0 Å². The number of esters is 1. The highest BCUT2D eigenvalue weighted by Gasteiger charge is 2.41. The molecule has 2 atom stereocenters. The number of fused-ring (bicyclic) bond motifs is 1. The molecule has 0 saturated heterocycles. The maximum atomic E-state index is 13.1. The molecule has 3 aromatic carbocycles. The molecular formula is C28H29N3O3S. The van der Waals surface area contributed by atoms with Gasteiger partial charge in [-0.15, -0.1) is 0 Å². The minimum Gasteiger partial charge on any atom is -0.467 e. The van der Waals surface area contributed by atoms with Crippen LogP contribution < -0.4 is 10.6 Å². The van der Waals surface area contributed by atoms with Gasteiger partial charge in [0.05, 0.1) is 13.2 Å². The maximum absolute atomic E-state index is 13.1. The van der Waals surface area contributed by atoms with Crippen molar-refractivity contribution in [2.75, 3.05) is 17.7 Å². The van der Waals surface area contributed by atoms with Crippen molar-refractivity contribution in [2.24, 2.45) is 0 Å². The lowest BCUT2D eigenvalue weighted by Gasteiger charge is -2.29. The molecule has 7 heteroatoms. The molecule has 0 unspecified atom stereocenters. The highest BCUT2D eigenvalue weighted by molar-refractivity contribution is 7.80. The van der Waals surface area contributed by atoms with Crippen LogP contribution in [0.5, 0.6) is 0 Å². The molecule has 35 heavy (non-hydrogen) atoms. The van der Waals surface area contributed by atoms with E-state index < -0.39 is 12.0 Å². The number of carbonyl (C=O) groups is 2. The number of ether oxygens (including phenoxy) is 1. The second-order valence-corrected chi connectivity index (χ2v) is 9.07. The van der Waals surface area contributed by atoms with E-state index in [2.05, 4.69) is 10.6 Å². The first-order valence-corrected chi connectivity index (χ1v) is 12.0. The average Bonchev–Trinajstić information content (AvgIpc) is 3.11. The van der Waals surface area contributed by atoms with Gasteiger partial charge in [0.25, 0.3) is 5.91 Å². The molecule has 1 heterocycles. The van der Waals surface area contributed by atoms with Crippen LogP contribution in [0.2, 0.25) is 0 Å². The van der Waals surface area contributed by atoms with Gasteiger partial charge in [0, 0.05) is 16.9 Å². The van der Waals surface area contributed by atoms with Gasteiger partial charge in [-0.3, -0.25) is 4.79 Å². The lowest BCUT2D eigenvalue weighted by molar-refractivity contribution is -0.146. The quantitative estimate of drug-likeness (QED) is 0.331. The largest absolute Gasteiger partial charge is 0.467 e. The van der Waals surface area contributed by atoms with Crippen molar-refractivity contribution in [1.82, 2.24) is 4.90 Å². The number of hydrogen-bond donors (Lipinski definition) is 2. The molecule has 0 fully saturated rings. The van der Waals surface area contributed by atoms with Crippen LogP contribution in [0, 0.1) is 6.92 Å². The summed E-state index contributed by atoms with van der Waals surface area (Å²) in [7, 11) is 1.35. The second kappa shape index (κ2) is 10.3. The third-order valence-corrected chi connectivity index (χ3v) is 6.57. The molecule has 0 radical (unpaired) electrons. The number of amides is 1. The summed E-state index contributed by atoms with van der Waals surface area (Å²) < 4.78 is 4.93. The van der Waals surface area contributed by atoms with Crippen molar-refractivity contribution >= 4 is 40.6 Å². The number of nitrogens with zero attached hydrogens (tertiary/aromatic N) is 1. The fourth-order valence-electron chi connectivity index (χ4n) is 4.45. The number of aryl methyl sites for hydroxylation is 1. The van der Waals surface area contributed by atoms with Crippen molar-refractivity contribution in [2.45, 2.75) is 39.3 Å². The summed E-state index contributed by atoms with van der Waals surface area (Å²) in [4.78, 5) is 26.9. The monoisotopic (exact) mass is 487 g/mol. The first-order chi connectivity index (χ1) is 16.8. The summed E-state index contributed by atoms with van der Waals surface area (Å²) in [5, 5.41) is 6.90. The van der Waals surface area contributed by atoms with Crippen LogP contribution in [-0.4, -0.2) is 35.0 Å². The number of methoxy groups -OCH3 is 1. The molecular weight excluding hydrogens is 458 g/mol. The van der Waals surface area contributed by atoms with Crippen molar-refractivity contribution in [3.05, 3.63) is 83.4 Å². The van der Waals surface area contributed by atoms with Gasteiger partial charge in [0.1, 0.15) is 6.04 Å². The Labute approximate surface area is 211 Å². The number of anilines is 2. The molecule has 4 rings (SSSR count). The number of nitrogens with one attached hydrogen (secondary N) is 2. The van der Waals surface area contributed by atoms with E-state index in [0.717, 1.165) is 28.1 Å². The Morgan fingerprint density at radius 2 is 1.57 bits per heavy atom. The minimum absolute atomic E-state index is 0.134. The Balaban J connectivity index is 1.48. The first kappa shape index (κ1) is 24.4. The molecule has 0 aromatic heterocycles. The van der Waals surface area contributed by atoms with Crippen LogP contribution >= 0.6 is 12.2 Å². The summed E-state index contributed by atoms with van der Waals surface area (Å²) in [6.45, 7) is 5.88. The molecule has 180 valence electrons. The summed E-state index contributed by atoms with van der Waals surface area (Å²) in [5.41, 5.74) is 6.57. The van der Waals surface area contributed by atoms with Gasteiger partial charge < -0.3 is 20.3 Å². The molecule has 2 N–H and O–H groups in total. The maximum Gasteiger partial charge on any atom is 0.328 e. The molecule has 0 aliphatic carbocycles. The van der Waals surface area contributed by atoms with E-state index >= 15 is 0 Å². The standard InChI is InChI=1S/C28H29N3O3S/c1-5-25(27(33)34-4)31-18(3)24-16-20(10-15-23(24)26(31)32)19-8-13-22(14-9-19)30-28(35)29-21-11-6-17(2)7-12-21/h6-16,18,25H,5H2,1-4H3,(H2,29,30,35)/t18-,25-/m0/s1. The Morgan fingerprint density at radius 3 is 2.14 bits per heavy atom. The third kappa shape index (κ3) is 5.05. The zero-order chi connectivity index (χ0) is 25.1. The SMILES string of the molecule is CC[C@@H](C(=O)OC)N1C(=O)c2ccc(-c3ccc(NC(=S)Nc4ccc(C)cc4)cc3)cc2[C@@H]1C. The van der Waals surface area contributed by atoms with Crippen LogP contribution in [0.1, 0.15) is 47.8 Å². The Hall–Kier alpha value is -3.71. The predicted molar refractivity (Wildman–Crippen MR) is 144 cm³/mol. The van der Waals surface area contributed by atoms with Crippen molar-refractivity contribution in [3.8, 4) is 11.1 Å². The smallest absolute Gasteiger partial charge is 0.328 e. The van der Waals surface area contributed by atoms with Gasteiger partial charge >= 0.3 is 5.97 Å². The molecule has 1 aliphatic heterocycles. The molecule has 3 aromatic rings. The van der Waals surface area contributed by atoms with Crippen molar-refractivity contribution in [1.29, 1.82) is 0 Å². The molecule has 0 saturated carbocycles. The highest BCUT2D eigenvalue weighted by atomic mass is 32.1. The van der Waals surface area contributed by atoms with Crippen LogP contribution in [-0.2, 0) is 9.53 Å². The van der Waals surface area contributed by atoms with E-state index in [1.54, 1.807) is 4.90 Å². The topological polar surface area (TPSA) is 70.7 Å². The van der Waals surface area contributed by atoms with E-state index in [4.69, 9.17) is 17.0 Å². The van der Waals surface area contributed by atoms with Gasteiger partial charge in [0.15, 0.2) is 5.11 Å². The van der Waals surface area contributed by atoms with Crippen molar-refractivity contribution < 1.29 is 14.3 Å². The zero-order valence-electron chi connectivity index (χ0n) is 20.3. The fraction of sp³-hybridized carbons (Fsp3) is 0.250. The lowest BCUT2D eigenvalue weighted by Crippen LogP contribution is -2.43. The van der Waals surface area contributed by atoms with Crippen LogP contribution in [0.3, 0.4) is 0 Å². The van der Waals surface area contributed by atoms with Crippen LogP contribution in [0.15, 0.2) is 66.7 Å². The van der Waals surface area contributed by atoms with Gasteiger partial charge in [-0.25, -0.2) is 4.79 Å². The summed E-state index contributed by atoms with van der Waals surface area (Å²) in [6, 6.07) is 21.0. The number of hydrogen-bond acceptors (Lipinski definition) is 4. The summed E-state index contributed by atoms with van der Waals surface area (Å²) in [5.74, 6) is -0.524. The number of carbonyl (C=O) groups excluding carboxylic acids is 2. The summed E-state index contributed by atoms with van der Waals surface area (Å²) >= 11 is 5.43. The van der Waals surface area contributed by atoms with Gasteiger partial charge in [-0.2, -0.15) is 0 Å². The number of thiocarbonyl (C=S) groups is 1. The average molecular weight is 488 g/mol. The van der Waals surface area contributed by atoms with Crippen LogP contribution in [0.25, 0.3) is 11.1 Å². The Morgan fingerprint density at radius 1 is 1.00 bits per heavy atom. The zero-order valence-corrected chi connectivity index (χ0v) is 21.1. The highest BCUT2D eigenvalue weighted by Crippen LogP contribution is 2.38. The van der Waals surface area contributed by atoms with E-state index in [-0.39, 0.29) is 11.9 Å². The van der Waals surface area contributed by atoms with Gasteiger partial charge in [-0.1, -0.05) is 42.8 Å². The fourth-order valence-corrected chi connectivity index (χ4v) is 4.68. The van der Waals surface area contributed by atoms with Gasteiger partial charge in [-0.05, 0) is 85.6 Å². The molecule has 1 aliphatic rings. The molecule has 0 spiro atoms. The minimum atomic E-state index is -0.596. The molecule has 6 nitrogen and oxygen atoms in total. The molecule has 0 bridgehead atoms. The number of benzene rings is 3. The van der Waals surface area contributed by atoms with Crippen LogP contribution in [0.4, 0.5) is 11.4 Å². The normalized spacial score (nSPS) is 15.4. The predicted octanol–water partition coefficient (Wildman–Crippen LogP) is 5.94. The lowest BCUT2D eigenvalue weighted by atomic mass is 9.98. The second-order valence-electron chi connectivity index (χ2n) is 8.66. The first-order valence-electron chi connectivity index (χ1n) is 11.6. The number of rotatable bonds is 6. The Bertz CT molecular complexity index is 1260. The van der Waals surface area contributed by atoms with E-state index in [1.165, 1.54) is 12.7 Å². The molecule has 1 amide bonds. The Kier molecular flexibility index (Phi) is 7.17. The van der Waals surface area contributed by atoms with E-state index in [0.29, 0.717) is 17.1 Å². The third-order valence-electron chi connectivity index (χ3n) is 6.37.